The quantitative estimate of drug-likeness (QED) is 0.228. The van der Waals surface area contributed by atoms with Crippen molar-refractivity contribution in [1.29, 1.82) is 0 Å². The largest absolute Gasteiger partial charge is 0.354 e. The number of allylic oxidation sites excluding steroid dienone is 1. The van der Waals surface area contributed by atoms with Crippen LogP contribution in [0.4, 0.5) is 0 Å². The van der Waals surface area contributed by atoms with E-state index in [0.717, 1.165) is 12.8 Å². The smallest absolute Gasteiger partial charge is 0.0541 e. The Kier molecular flexibility index (Phi) is 4.32. The predicted molar refractivity (Wildman–Crippen MR) is 176 cm³/mol. The molecule has 0 saturated carbocycles. The van der Waals surface area contributed by atoms with Gasteiger partial charge >= 0.3 is 0 Å². The summed E-state index contributed by atoms with van der Waals surface area (Å²) in [5.41, 5.74) is 17.1. The van der Waals surface area contributed by atoms with Crippen molar-refractivity contribution >= 4 is 49.2 Å². The zero-order valence-corrected chi connectivity index (χ0v) is 23.0. The lowest BCUT2D eigenvalue weighted by molar-refractivity contribution is 0.958. The van der Waals surface area contributed by atoms with Crippen LogP contribution in [-0.4, -0.2) is 9.55 Å². The van der Waals surface area contributed by atoms with Crippen LogP contribution in [0.2, 0.25) is 0 Å². The van der Waals surface area contributed by atoms with E-state index in [1.165, 1.54) is 93.8 Å². The number of nitrogens with zero attached hydrogens (tertiary/aromatic N) is 1. The Morgan fingerprint density at radius 2 is 1.26 bits per heavy atom. The van der Waals surface area contributed by atoms with Gasteiger partial charge in [0.05, 0.1) is 16.7 Å². The predicted octanol–water partition coefficient (Wildman–Crippen LogP) is 10.4. The molecule has 0 unspecified atom stereocenters. The van der Waals surface area contributed by atoms with E-state index >= 15 is 0 Å². The summed E-state index contributed by atoms with van der Waals surface area (Å²) in [6, 6.07) is 44.9. The molecule has 196 valence electrons. The van der Waals surface area contributed by atoms with Gasteiger partial charge in [-0.3, -0.25) is 0 Å². The molecule has 2 nitrogen and oxygen atoms in total. The molecule has 2 heterocycles. The Bertz CT molecular complexity index is 2460. The van der Waals surface area contributed by atoms with Gasteiger partial charge in [-0.05, 0) is 93.8 Å². The van der Waals surface area contributed by atoms with Gasteiger partial charge in [0.25, 0.3) is 0 Å². The SMILES string of the molecule is C1=C2c3ccccc3-c3ccc(-n4c5ccccc5c5cc(-c6ccc7c(c6)[nH]c6ccccc67)ccc54)c(c32)CC1. The molecule has 0 radical (unpaired) electrons. The molecule has 0 spiro atoms. The Morgan fingerprint density at radius 1 is 0.524 bits per heavy atom. The minimum atomic E-state index is 1.06. The number of para-hydroxylation sites is 2. The number of benzene rings is 6. The Morgan fingerprint density at radius 3 is 2.21 bits per heavy atom. The van der Waals surface area contributed by atoms with Gasteiger partial charge in [0.15, 0.2) is 0 Å². The molecule has 2 heteroatoms. The van der Waals surface area contributed by atoms with E-state index in [1.807, 2.05) is 0 Å². The van der Waals surface area contributed by atoms with Crippen molar-refractivity contribution in [2.75, 3.05) is 0 Å². The van der Waals surface area contributed by atoms with Crippen LogP contribution in [0.3, 0.4) is 0 Å². The van der Waals surface area contributed by atoms with Gasteiger partial charge in [-0.15, -0.1) is 0 Å². The van der Waals surface area contributed by atoms with Gasteiger partial charge in [-0.2, -0.15) is 0 Å². The third-order valence-electron chi connectivity index (χ3n) is 9.56. The summed E-state index contributed by atoms with van der Waals surface area (Å²) in [7, 11) is 0. The highest BCUT2D eigenvalue weighted by Crippen LogP contribution is 2.50. The summed E-state index contributed by atoms with van der Waals surface area (Å²) in [5, 5.41) is 5.14. The molecule has 0 fully saturated rings. The zero-order valence-electron chi connectivity index (χ0n) is 23.0. The number of aromatic nitrogens is 2. The summed E-state index contributed by atoms with van der Waals surface area (Å²) in [4.78, 5) is 3.62. The van der Waals surface area contributed by atoms with Crippen molar-refractivity contribution < 1.29 is 0 Å². The van der Waals surface area contributed by atoms with Crippen molar-refractivity contribution in [3.05, 3.63) is 144 Å². The van der Waals surface area contributed by atoms with Gasteiger partial charge in [0.2, 0.25) is 0 Å². The summed E-state index contributed by atoms with van der Waals surface area (Å²) in [6.07, 6.45) is 4.58. The third-order valence-corrected chi connectivity index (χ3v) is 9.56. The van der Waals surface area contributed by atoms with Gasteiger partial charge in [0.1, 0.15) is 0 Å². The molecule has 42 heavy (non-hydrogen) atoms. The molecule has 0 amide bonds. The van der Waals surface area contributed by atoms with Crippen molar-refractivity contribution in [2.24, 2.45) is 0 Å². The molecule has 10 rings (SSSR count). The van der Waals surface area contributed by atoms with E-state index in [2.05, 4.69) is 137 Å². The molecular weight excluding hydrogens is 508 g/mol. The van der Waals surface area contributed by atoms with Crippen LogP contribution >= 0.6 is 0 Å². The number of rotatable bonds is 2. The van der Waals surface area contributed by atoms with Crippen molar-refractivity contribution in [3.8, 4) is 27.9 Å². The molecule has 0 aliphatic heterocycles. The molecule has 6 aromatic carbocycles. The summed E-state index contributed by atoms with van der Waals surface area (Å²) < 4.78 is 2.51. The molecule has 1 N–H and O–H groups in total. The van der Waals surface area contributed by atoms with Crippen LogP contribution in [0.15, 0.2) is 127 Å². The maximum Gasteiger partial charge on any atom is 0.0541 e. The fraction of sp³-hybridized carbons (Fsp3) is 0.0500. The summed E-state index contributed by atoms with van der Waals surface area (Å²) in [5.74, 6) is 0. The molecule has 2 aromatic heterocycles. The summed E-state index contributed by atoms with van der Waals surface area (Å²) in [6.45, 7) is 0. The lowest BCUT2D eigenvalue weighted by Gasteiger charge is -2.21. The highest BCUT2D eigenvalue weighted by molar-refractivity contribution is 6.12. The summed E-state index contributed by atoms with van der Waals surface area (Å²) >= 11 is 0. The second-order valence-electron chi connectivity index (χ2n) is 11.7. The molecule has 0 bridgehead atoms. The van der Waals surface area contributed by atoms with Gasteiger partial charge in [-0.25, -0.2) is 0 Å². The minimum absolute atomic E-state index is 1.06. The Hall–Kier alpha value is -5.34. The molecule has 0 atom stereocenters. The highest BCUT2D eigenvalue weighted by Gasteiger charge is 2.30. The van der Waals surface area contributed by atoms with Crippen LogP contribution in [0.5, 0.6) is 0 Å². The molecule has 8 aromatic rings. The van der Waals surface area contributed by atoms with Gasteiger partial charge in [0, 0.05) is 32.6 Å². The third kappa shape index (κ3) is 2.89. The first-order valence-electron chi connectivity index (χ1n) is 14.8. The van der Waals surface area contributed by atoms with Crippen molar-refractivity contribution in [1.82, 2.24) is 9.55 Å². The highest BCUT2D eigenvalue weighted by atomic mass is 15.0. The number of H-pyrrole nitrogens is 1. The number of nitrogens with one attached hydrogen (secondary N) is 1. The number of hydrogen-bond acceptors (Lipinski definition) is 0. The second-order valence-corrected chi connectivity index (χ2v) is 11.7. The van der Waals surface area contributed by atoms with Crippen molar-refractivity contribution in [3.63, 3.8) is 0 Å². The first-order valence-corrected chi connectivity index (χ1v) is 14.8. The molecule has 0 saturated heterocycles. The fourth-order valence-corrected chi connectivity index (χ4v) is 7.74. The first kappa shape index (κ1) is 22.4. The number of hydrogen-bond donors (Lipinski definition) is 1. The van der Waals surface area contributed by atoms with Crippen molar-refractivity contribution in [2.45, 2.75) is 12.8 Å². The second kappa shape index (κ2) is 8.11. The lowest BCUT2D eigenvalue weighted by Crippen LogP contribution is -2.06. The molecular formula is C40H26N2. The maximum atomic E-state index is 3.62. The van der Waals surface area contributed by atoms with Crippen LogP contribution in [-0.2, 0) is 6.42 Å². The standard InChI is InChI=1S/C40H26N2/c1-2-9-27-26(8-1)31-12-7-13-33-38(21-19-32(27)40(31)33)42-37-15-6-4-11-30(37)34-22-24(17-20-39(34)42)25-16-18-29-28-10-3-5-14-35(28)41-36(29)23-25/h1-6,8-12,14-23,41H,7,13H2. The number of aromatic amines is 1. The van der Waals surface area contributed by atoms with E-state index in [4.69, 9.17) is 0 Å². The Labute approximate surface area is 243 Å². The molecule has 2 aliphatic rings. The molecule has 2 aliphatic carbocycles. The first-order chi connectivity index (χ1) is 20.8. The van der Waals surface area contributed by atoms with Gasteiger partial charge < -0.3 is 9.55 Å². The fourth-order valence-electron chi connectivity index (χ4n) is 7.74. The van der Waals surface area contributed by atoms with Crippen LogP contribution in [0, 0.1) is 0 Å². The van der Waals surface area contributed by atoms with E-state index < -0.39 is 0 Å². The average molecular weight is 535 g/mol. The monoisotopic (exact) mass is 534 g/mol. The number of fused-ring (bicyclic) bond motifs is 9. The van der Waals surface area contributed by atoms with E-state index in [9.17, 15) is 0 Å². The van der Waals surface area contributed by atoms with Crippen LogP contribution in [0.1, 0.15) is 23.1 Å². The zero-order chi connectivity index (χ0) is 27.4. The lowest BCUT2D eigenvalue weighted by atomic mass is 9.88. The minimum Gasteiger partial charge on any atom is -0.354 e. The topological polar surface area (TPSA) is 20.7 Å². The van der Waals surface area contributed by atoms with Crippen LogP contribution < -0.4 is 0 Å². The van der Waals surface area contributed by atoms with E-state index in [0.29, 0.717) is 0 Å². The average Bonchev–Trinajstić information content (AvgIpc) is 3.70. The van der Waals surface area contributed by atoms with E-state index in [1.54, 1.807) is 0 Å². The van der Waals surface area contributed by atoms with Crippen LogP contribution in [0.25, 0.3) is 77.1 Å². The maximum absolute atomic E-state index is 3.62. The Balaban J connectivity index is 1.19. The van der Waals surface area contributed by atoms with E-state index in [-0.39, 0.29) is 0 Å². The van der Waals surface area contributed by atoms with Gasteiger partial charge in [-0.1, -0.05) is 91.0 Å². The normalized spacial score (nSPS) is 13.7.